The Morgan fingerprint density at radius 3 is 2.54 bits per heavy atom. The van der Waals surface area contributed by atoms with Gasteiger partial charge in [-0.05, 0) is 36.8 Å². The van der Waals surface area contributed by atoms with Gasteiger partial charge in [0.05, 0.1) is 5.70 Å². The van der Waals surface area contributed by atoms with Crippen molar-refractivity contribution in [3.63, 3.8) is 0 Å². The summed E-state index contributed by atoms with van der Waals surface area (Å²) >= 11 is 1.80. The van der Waals surface area contributed by atoms with Crippen molar-refractivity contribution in [1.82, 2.24) is 10.2 Å². The van der Waals surface area contributed by atoms with E-state index < -0.39 is 11.7 Å². The summed E-state index contributed by atoms with van der Waals surface area (Å²) in [4.78, 5) is 25.7. The zero-order chi connectivity index (χ0) is 19.3. The average Bonchev–Trinajstić information content (AvgIpc) is 2.67. The largest absolute Gasteiger partial charge is 0.398 e. The van der Waals surface area contributed by atoms with Crippen molar-refractivity contribution in [2.45, 2.75) is 6.92 Å². The van der Waals surface area contributed by atoms with E-state index in [-0.39, 0.29) is 24.3 Å². The Morgan fingerprint density at radius 2 is 1.92 bits per heavy atom. The van der Waals surface area contributed by atoms with Gasteiger partial charge in [-0.1, -0.05) is 0 Å². The number of benzene rings is 1. The highest BCUT2D eigenvalue weighted by molar-refractivity contribution is 7.99. The minimum atomic E-state index is -0.531. The first kappa shape index (κ1) is 19.8. The second kappa shape index (κ2) is 8.75. The number of carbonyl (C=O) groups is 2. The molecule has 8 heteroatoms. The number of halogens is 1. The maximum absolute atomic E-state index is 14.1. The molecule has 0 saturated carbocycles. The standard InChI is InChI=1S/C18H23FN4O2S.H2/c1-11-13(9-12(10-14(11)19)17(24)22-2)15(20)3-4-16(21)18(25)23-5-7-26-8-6-23;/h3-4,9-10H,5-8,20-21H2,1-2H3,(H,22,24);1H/b15-3-,16-4-;. The van der Waals surface area contributed by atoms with Gasteiger partial charge in [-0.15, -0.1) is 0 Å². The van der Waals surface area contributed by atoms with Gasteiger partial charge in [-0.2, -0.15) is 11.8 Å². The van der Waals surface area contributed by atoms with Crippen molar-refractivity contribution in [3.8, 4) is 0 Å². The van der Waals surface area contributed by atoms with Crippen LogP contribution in [-0.4, -0.2) is 48.4 Å². The number of hydrogen-bond donors (Lipinski definition) is 3. The van der Waals surface area contributed by atoms with Gasteiger partial charge in [0.1, 0.15) is 5.82 Å². The van der Waals surface area contributed by atoms with E-state index in [1.807, 2.05) is 0 Å². The third-order valence-corrected chi connectivity index (χ3v) is 5.07. The summed E-state index contributed by atoms with van der Waals surface area (Å²) in [7, 11) is 1.47. The third kappa shape index (κ3) is 4.57. The van der Waals surface area contributed by atoms with E-state index in [1.54, 1.807) is 23.6 Å². The van der Waals surface area contributed by atoms with E-state index in [2.05, 4.69) is 5.32 Å². The topological polar surface area (TPSA) is 101 Å². The molecule has 1 aromatic carbocycles. The maximum Gasteiger partial charge on any atom is 0.269 e. The predicted octanol–water partition coefficient (Wildman–Crippen LogP) is 1.46. The molecule has 1 aromatic rings. The number of hydrogen-bond acceptors (Lipinski definition) is 5. The fraction of sp³-hybridized carbons (Fsp3) is 0.333. The van der Waals surface area contributed by atoms with Crippen LogP contribution in [0.25, 0.3) is 5.70 Å². The molecule has 2 rings (SSSR count). The number of nitrogens with zero attached hydrogens (tertiary/aromatic N) is 1. The number of carbonyl (C=O) groups excluding carboxylic acids is 2. The van der Waals surface area contributed by atoms with E-state index in [1.165, 1.54) is 25.3 Å². The molecule has 1 heterocycles. The van der Waals surface area contributed by atoms with E-state index in [0.717, 1.165) is 17.6 Å². The molecule has 0 aliphatic carbocycles. The maximum atomic E-state index is 14.1. The van der Waals surface area contributed by atoms with Crippen molar-refractivity contribution in [2.24, 2.45) is 11.5 Å². The van der Waals surface area contributed by atoms with Gasteiger partial charge in [0, 0.05) is 49.9 Å². The minimum Gasteiger partial charge on any atom is -0.398 e. The molecular formula is C18H25FN4O2S. The molecule has 0 spiro atoms. The summed E-state index contributed by atoms with van der Waals surface area (Å²) in [5, 5.41) is 2.45. The van der Waals surface area contributed by atoms with Gasteiger partial charge in [-0.25, -0.2) is 4.39 Å². The number of thioether (sulfide) groups is 1. The smallest absolute Gasteiger partial charge is 0.269 e. The van der Waals surface area contributed by atoms with Gasteiger partial charge in [0.15, 0.2) is 0 Å². The summed E-state index contributed by atoms with van der Waals surface area (Å²) < 4.78 is 14.1. The summed E-state index contributed by atoms with van der Waals surface area (Å²) in [6.45, 7) is 2.90. The Morgan fingerprint density at radius 1 is 1.27 bits per heavy atom. The Hall–Kier alpha value is -2.48. The van der Waals surface area contributed by atoms with Crippen LogP contribution < -0.4 is 16.8 Å². The summed E-state index contributed by atoms with van der Waals surface area (Å²) in [5.74, 6) is 0.600. The first-order valence-corrected chi connectivity index (χ1v) is 9.33. The van der Waals surface area contributed by atoms with Crippen LogP contribution in [0.3, 0.4) is 0 Å². The Labute approximate surface area is 158 Å². The van der Waals surface area contributed by atoms with Gasteiger partial charge in [0.2, 0.25) is 0 Å². The molecular weight excluding hydrogens is 355 g/mol. The number of nitrogens with one attached hydrogen (secondary N) is 1. The van der Waals surface area contributed by atoms with Crippen LogP contribution in [0.2, 0.25) is 0 Å². The minimum absolute atomic E-state index is 0. The monoisotopic (exact) mass is 380 g/mol. The number of allylic oxidation sites excluding steroid dienone is 2. The Kier molecular flexibility index (Phi) is 6.68. The average molecular weight is 380 g/mol. The molecule has 1 saturated heterocycles. The highest BCUT2D eigenvalue weighted by Crippen LogP contribution is 2.21. The Bertz CT molecular complexity index is 777. The second-order valence-electron chi connectivity index (χ2n) is 5.86. The van der Waals surface area contributed by atoms with E-state index in [9.17, 15) is 14.0 Å². The molecule has 2 amide bonds. The fourth-order valence-electron chi connectivity index (χ4n) is 2.54. The van der Waals surface area contributed by atoms with Crippen molar-refractivity contribution >= 4 is 29.3 Å². The molecule has 6 nitrogen and oxygen atoms in total. The lowest BCUT2D eigenvalue weighted by atomic mass is 10.0. The van der Waals surface area contributed by atoms with Crippen LogP contribution in [0.4, 0.5) is 4.39 Å². The molecule has 1 fully saturated rings. The molecule has 1 aliphatic rings. The first-order chi connectivity index (χ1) is 12.3. The molecule has 0 atom stereocenters. The van der Waals surface area contributed by atoms with E-state index in [0.29, 0.717) is 24.2 Å². The van der Waals surface area contributed by atoms with Crippen LogP contribution in [0.5, 0.6) is 0 Å². The SMILES string of the molecule is CNC(=O)c1cc(F)c(C)c(/C(N)=C/C=C(\N)C(=O)N2CCSCC2)c1.[HH]. The lowest BCUT2D eigenvalue weighted by molar-refractivity contribution is -0.126. The first-order valence-electron chi connectivity index (χ1n) is 8.17. The highest BCUT2D eigenvalue weighted by atomic mass is 32.2. The van der Waals surface area contributed by atoms with E-state index in [4.69, 9.17) is 11.5 Å². The Balaban J connectivity index is 0.00000364. The molecule has 0 radical (unpaired) electrons. The molecule has 0 bridgehead atoms. The van der Waals surface area contributed by atoms with Crippen LogP contribution in [-0.2, 0) is 4.79 Å². The zero-order valence-electron chi connectivity index (χ0n) is 14.8. The molecule has 0 unspecified atom stereocenters. The van der Waals surface area contributed by atoms with E-state index >= 15 is 0 Å². The van der Waals surface area contributed by atoms with Gasteiger partial charge in [0.25, 0.3) is 11.8 Å². The van der Waals surface area contributed by atoms with Crippen molar-refractivity contribution in [2.75, 3.05) is 31.6 Å². The summed E-state index contributed by atoms with van der Waals surface area (Å²) in [5.41, 5.74) is 13.1. The number of nitrogens with two attached hydrogens (primary N) is 2. The zero-order valence-corrected chi connectivity index (χ0v) is 15.7. The number of amides is 2. The van der Waals surface area contributed by atoms with Crippen molar-refractivity contribution < 1.29 is 15.4 Å². The normalized spacial score (nSPS) is 15.7. The highest BCUT2D eigenvalue weighted by Gasteiger charge is 2.18. The summed E-state index contributed by atoms with van der Waals surface area (Å²) in [6, 6.07) is 2.67. The molecule has 1 aliphatic heterocycles. The van der Waals surface area contributed by atoms with Crippen molar-refractivity contribution in [3.05, 3.63) is 52.5 Å². The fourth-order valence-corrected chi connectivity index (χ4v) is 3.45. The lowest BCUT2D eigenvalue weighted by Gasteiger charge is -2.26. The van der Waals surface area contributed by atoms with Crippen molar-refractivity contribution in [1.29, 1.82) is 0 Å². The van der Waals surface area contributed by atoms with Gasteiger partial charge in [-0.3, -0.25) is 9.59 Å². The second-order valence-corrected chi connectivity index (χ2v) is 7.08. The van der Waals surface area contributed by atoms with Crippen LogP contribution in [0.15, 0.2) is 30.0 Å². The van der Waals surface area contributed by atoms with Crippen LogP contribution in [0, 0.1) is 12.7 Å². The number of rotatable bonds is 4. The van der Waals surface area contributed by atoms with Crippen LogP contribution >= 0.6 is 11.8 Å². The van der Waals surface area contributed by atoms with Crippen LogP contribution in [0.1, 0.15) is 22.9 Å². The molecule has 5 N–H and O–H groups in total. The lowest BCUT2D eigenvalue weighted by Crippen LogP contribution is -2.40. The quantitative estimate of drug-likeness (QED) is 0.542. The molecule has 142 valence electrons. The molecule has 0 aromatic heterocycles. The van der Waals surface area contributed by atoms with Gasteiger partial charge >= 0.3 is 0 Å². The van der Waals surface area contributed by atoms with Gasteiger partial charge < -0.3 is 21.7 Å². The third-order valence-electron chi connectivity index (χ3n) is 4.13. The predicted molar refractivity (Wildman–Crippen MR) is 105 cm³/mol. The molecule has 26 heavy (non-hydrogen) atoms. The summed E-state index contributed by atoms with van der Waals surface area (Å²) in [6.07, 6.45) is 2.88.